The van der Waals surface area contributed by atoms with Gasteiger partial charge < -0.3 is 10.6 Å². The average molecular weight is 266 g/mol. The van der Waals surface area contributed by atoms with E-state index in [2.05, 4.69) is 15.6 Å². The van der Waals surface area contributed by atoms with Crippen molar-refractivity contribution in [2.45, 2.75) is 6.92 Å². The highest BCUT2D eigenvalue weighted by Gasteiger charge is 2.20. The SMILES string of the molecule is CCNCCNc1ccc2scnc2c1[N+](=O)[O-]. The Morgan fingerprint density at radius 2 is 2.28 bits per heavy atom. The molecule has 6 nitrogen and oxygen atoms in total. The molecule has 0 atom stereocenters. The predicted octanol–water partition coefficient (Wildman–Crippen LogP) is 2.23. The minimum absolute atomic E-state index is 0.0604. The van der Waals surface area contributed by atoms with Crippen molar-refractivity contribution >= 4 is 32.9 Å². The fourth-order valence-electron chi connectivity index (χ4n) is 1.71. The number of benzene rings is 1. The van der Waals surface area contributed by atoms with Crippen molar-refractivity contribution < 1.29 is 4.92 Å². The van der Waals surface area contributed by atoms with Gasteiger partial charge in [-0.3, -0.25) is 10.1 Å². The molecule has 0 radical (unpaired) electrons. The van der Waals surface area contributed by atoms with E-state index in [4.69, 9.17) is 0 Å². The zero-order chi connectivity index (χ0) is 13.0. The quantitative estimate of drug-likeness (QED) is 0.476. The Balaban J connectivity index is 2.25. The van der Waals surface area contributed by atoms with Crippen LogP contribution in [0.15, 0.2) is 17.6 Å². The number of likely N-dealkylation sites (N-methyl/N-ethyl adjacent to an activating group) is 1. The van der Waals surface area contributed by atoms with E-state index in [0.29, 0.717) is 17.7 Å². The number of hydrogen-bond donors (Lipinski definition) is 2. The van der Waals surface area contributed by atoms with Crippen LogP contribution in [-0.2, 0) is 0 Å². The van der Waals surface area contributed by atoms with Crippen molar-refractivity contribution in [1.29, 1.82) is 0 Å². The second-order valence-corrected chi connectivity index (χ2v) is 4.58. The molecule has 96 valence electrons. The summed E-state index contributed by atoms with van der Waals surface area (Å²) in [5.41, 5.74) is 2.67. The molecule has 2 rings (SSSR count). The van der Waals surface area contributed by atoms with E-state index < -0.39 is 0 Å². The van der Waals surface area contributed by atoms with Gasteiger partial charge in [0, 0.05) is 13.1 Å². The summed E-state index contributed by atoms with van der Waals surface area (Å²) in [4.78, 5) is 14.8. The van der Waals surface area contributed by atoms with Crippen LogP contribution in [0, 0.1) is 10.1 Å². The lowest BCUT2D eigenvalue weighted by molar-refractivity contribution is -0.382. The van der Waals surface area contributed by atoms with Crippen molar-refractivity contribution in [2.75, 3.05) is 25.0 Å². The fraction of sp³-hybridized carbons (Fsp3) is 0.364. The van der Waals surface area contributed by atoms with Crippen molar-refractivity contribution in [3.63, 3.8) is 0 Å². The Morgan fingerprint density at radius 1 is 1.44 bits per heavy atom. The summed E-state index contributed by atoms with van der Waals surface area (Å²) in [6.07, 6.45) is 0. The molecule has 1 aromatic carbocycles. The number of fused-ring (bicyclic) bond motifs is 1. The number of hydrogen-bond acceptors (Lipinski definition) is 6. The third-order valence-electron chi connectivity index (χ3n) is 2.53. The third kappa shape index (κ3) is 2.57. The van der Waals surface area contributed by atoms with E-state index in [1.54, 1.807) is 11.6 Å². The summed E-state index contributed by atoms with van der Waals surface area (Å²) >= 11 is 1.40. The lowest BCUT2D eigenvalue weighted by Crippen LogP contribution is -2.21. The molecule has 0 saturated heterocycles. The molecule has 0 aliphatic rings. The third-order valence-corrected chi connectivity index (χ3v) is 3.32. The summed E-state index contributed by atoms with van der Waals surface area (Å²) in [7, 11) is 0. The van der Waals surface area contributed by atoms with Gasteiger partial charge in [-0.15, -0.1) is 11.3 Å². The molecule has 2 aromatic rings. The van der Waals surface area contributed by atoms with Gasteiger partial charge >= 0.3 is 5.69 Å². The first kappa shape index (κ1) is 12.7. The topological polar surface area (TPSA) is 80.1 Å². The van der Waals surface area contributed by atoms with Gasteiger partial charge in [0.05, 0.1) is 15.1 Å². The molecule has 0 aliphatic heterocycles. The number of nitro benzene ring substituents is 1. The molecule has 1 heterocycles. The van der Waals surface area contributed by atoms with Crippen LogP contribution < -0.4 is 10.6 Å². The zero-order valence-electron chi connectivity index (χ0n) is 9.97. The first-order valence-corrected chi connectivity index (χ1v) is 6.57. The molecule has 7 heteroatoms. The van der Waals surface area contributed by atoms with Crippen LogP contribution in [0.25, 0.3) is 10.2 Å². The van der Waals surface area contributed by atoms with Crippen molar-refractivity contribution in [3.05, 3.63) is 27.8 Å². The highest BCUT2D eigenvalue weighted by Crippen LogP contribution is 2.34. The van der Waals surface area contributed by atoms with Gasteiger partial charge in [-0.25, -0.2) is 4.98 Å². The summed E-state index contributed by atoms with van der Waals surface area (Å²) in [6, 6.07) is 3.60. The van der Waals surface area contributed by atoms with E-state index in [9.17, 15) is 10.1 Å². The van der Waals surface area contributed by atoms with Gasteiger partial charge in [0.2, 0.25) is 0 Å². The lowest BCUT2D eigenvalue weighted by Gasteiger charge is -2.07. The van der Waals surface area contributed by atoms with Crippen molar-refractivity contribution in [1.82, 2.24) is 10.3 Å². The van der Waals surface area contributed by atoms with Crippen molar-refractivity contribution in [2.24, 2.45) is 0 Å². The van der Waals surface area contributed by atoms with Crippen LogP contribution >= 0.6 is 11.3 Å². The Labute approximate surface area is 108 Å². The number of aromatic nitrogens is 1. The number of rotatable bonds is 6. The molecule has 0 fully saturated rings. The normalized spacial score (nSPS) is 10.7. The van der Waals surface area contributed by atoms with E-state index in [1.807, 2.05) is 13.0 Å². The Bertz CT molecular complexity index is 555. The maximum absolute atomic E-state index is 11.1. The van der Waals surface area contributed by atoms with Crippen LogP contribution in [0.4, 0.5) is 11.4 Å². The van der Waals surface area contributed by atoms with Gasteiger partial charge in [-0.2, -0.15) is 0 Å². The minimum Gasteiger partial charge on any atom is -0.378 e. The number of anilines is 1. The van der Waals surface area contributed by atoms with Crippen LogP contribution in [0.3, 0.4) is 0 Å². The molecule has 0 spiro atoms. The second-order valence-electron chi connectivity index (χ2n) is 3.70. The molecule has 0 unspecified atom stereocenters. The lowest BCUT2D eigenvalue weighted by atomic mass is 10.2. The first-order valence-electron chi connectivity index (χ1n) is 5.69. The van der Waals surface area contributed by atoms with Crippen LogP contribution in [-0.4, -0.2) is 29.5 Å². The van der Waals surface area contributed by atoms with Crippen LogP contribution in [0.5, 0.6) is 0 Å². The standard InChI is InChI=1S/C11H14N4O2S/c1-2-12-5-6-13-8-3-4-9-10(14-7-18-9)11(8)15(16)17/h3-4,7,12-13H,2,5-6H2,1H3. The van der Waals surface area contributed by atoms with E-state index in [1.165, 1.54) is 11.3 Å². The predicted molar refractivity (Wildman–Crippen MR) is 73.3 cm³/mol. The molecule has 2 N–H and O–H groups in total. The van der Waals surface area contributed by atoms with E-state index in [-0.39, 0.29) is 10.6 Å². The van der Waals surface area contributed by atoms with E-state index >= 15 is 0 Å². The molecule has 0 bridgehead atoms. The van der Waals surface area contributed by atoms with Crippen LogP contribution in [0.2, 0.25) is 0 Å². The summed E-state index contributed by atoms with van der Waals surface area (Å²) in [5, 5.41) is 17.4. The Morgan fingerprint density at radius 3 is 3.00 bits per heavy atom. The second kappa shape index (κ2) is 5.74. The van der Waals surface area contributed by atoms with Gasteiger partial charge in [-0.05, 0) is 18.7 Å². The maximum Gasteiger partial charge on any atom is 0.319 e. The summed E-state index contributed by atoms with van der Waals surface area (Å²) in [6.45, 7) is 4.31. The Kier molecular flexibility index (Phi) is 4.06. The molecule has 0 aliphatic carbocycles. The highest BCUT2D eigenvalue weighted by atomic mass is 32.1. The Hall–Kier alpha value is -1.73. The summed E-state index contributed by atoms with van der Waals surface area (Å²) in [5.74, 6) is 0. The molecular weight excluding hydrogens is 252 g/mol. The molecule has 1 aromatic heterocycles. The maximum atomic E-state index is 11.1. The van der Waals surface area contributed by atoms with Gasteiger partial charge in [0.25, 0.3) is 0 Å². The average Bonchev–Trinajstić information content (AvgIpc) is 2.81. The molecule has 18 heavy (non-hydrogen) atoms. The van der Waals surface area contributed by atoms with Crippen LogP contribution in [0.1, 0.15) is 6.92 Å². The molecule has 0 saturated carbocycles. The van der Waals surface area contributed by atoms with E-state index in [0.717, 1.165) is 17.8 Å². The van der Waals surface area contributed by atoms with Crippen molar-refractivity contribution in [3.8, 4) is 0 Å². The molecular formula is C11H14N4O2S. The summed E-state index contributed by atoms with van der Waals surface area (Å²) < 4.78 is 0.832. The first-order chi connectivity index (χ1) is 8.74. The zero-order valence-corrected chi connectivity index (χ0v) is 10.8. The fourth-order valence-corrected chi connectivity index (χ4v) is 2.39. The van der Waals surface area contributed by atoms with Gasteiger partial charge in [0.15, 0.2) is 5.52 Å². The number of nitrogens with one attached hydrogen (secondary N) is 2. The minimum atomic E-state index is -0.377. The largest absolute Gasteiger partial charge is 0.378 e. The number of nitrogens with zero attached hydrogens (tertiary/aromatic N) is 2. The monoisotopic (exact) mass is 266 g/mol. The number of thiazole rings is 1. The van der Waals surface area contributed by atoms with Gasteiger partial charge in [-0.1, -0.05) is 6.92 Å². The van der Waals surface area contributed by atoms with Gasteiger partial charge in [0.1, 0.15) is 5.69 Å². The smallest absolute Gasteiger partial charge is 0.319 e. The number of nitro groups is 1. The highest BCUT2D eigenvalue weighted by molar-refractivity contribution is 7.16. The molecule has 0 amide bonds.